The van der Waals surface area contributed by atoms with E-state index in [0.29, 0.717) is 13.2 Å². The molecule has 0 aromatic heterocycles. The first-order chi connectivity index (χ1) is 9.31. The molecule has 19 heavy (non-hydrogen) atoms. The van der Waals surface area contributed by atoms with Crippen molar-refractivity contribution in [1.29, 1.82) is 0 Å². The minimum Gasteiger partial charge on any atom is -0.447 e. The summed E-state index contributed by atoms with van der Waals surface area (Å²) in [5.74, 6) is 0. The van der Waals surface area contributed by atoms with E-state index in [4.69, 9.17) is 9.47 Å². The van der Waals surface area contributed by atoms with Crippen LogP contribution in [0.15, 0.2) is 30.3 Å². The Bertz CT molecular complexity index is 438. The number of nitrogens with zero attached hydrogens (tertiary/aromatic N) is 1. The average Bonchev–Trinajstić information content (AvgIpc) is 2.87. The van der Waals surface area contributed by atoms with Gasteiger partial charge in [0.15, 0.2) is 0 Å². The van der Waals surface area contributed by atoms with Crippen LogP contribution in [-0.2, 0) is 16.0 Å². The van der Waals surface area contributed by atoms with E-state index in [0.717, 1.165) is 19.6 Å². The monoisotopic (exact) mass is 262 g/mol. The standard InChI is InChI=1S/C14H18N2O3/c17-14-15-12(10-19-14)13-9-16(6-7-18-13)8-11-4-2-1-3-5-11/h1-5,12-13H,6-10H2,(H,15,17). The lowest BCUT2D eigenvalue weighted by Gasteiger charge is -2.34. The number of rotatable bonds is 3. The highest BCUT2D eigenvalue weighted by atomic mass is 16.6. The van der Waals surface area contributed by atoms with Crippen LogP contribution >= 0.6 is 0 Å². The molecular weight excluding hydrogens is 244 g/mol. The number of hydrogen-bond acceptors (Lipinski definition) is 4. The molecular formula is C14H18N2O3. The third-order valence-corrected chi connectivity index (χ3v) is 3.57. The summed E-state index contributed by atoms with van der Waals surface area (Å²) in [5, 5.41) is 2.80. The number of hydrogen-bond donors (Lipinski definition) is 1. The van der Waals surface area contributed by atoms with Crippen LogP contribution in [0.2, 0.25) is 0 Å². The van der Waals surface area contributed by atoms with Gasteiger partial charge in [-0.2, -0.15) is 0 Å². The van der Waals surface area contributed by atoms with E-state index in [2.05, 4.69) is 34.5 Å². The van der Waals surface area contributed by atoms with Crippen LogP contribution in [0.25, 0.3) is 0 Å². The van der Waals surface area contributed by atoms with Gasteiger partial charge in [0.1, 0.15) is 6.61 Å². The fraction of sp³-hybridized carbons (Fsp3) is 0.500. The maximum absolute atomic E-state index is 11.1. The molecule has 3 rings (SSSR count). The first kappa shape index (κ1) is 12.4. The summed E-state index contributed by atoms with van der Waals surface area (Å²) >= 11 is 0. The largest absolute Gasteiger partial charge is 0.447 e. The SMILES string of the molecule is O=C1NC(C2CN(Cc3ccccc3)CCO2)CO1. The second-order valence-electron chi connectivity index (χ2n) is 4.98. The summed E-state index contributed by atoms with van der Waals surface area (Å²) in [7, 11) is 0. The quantitative estimate of drug-likeness (QED) is 0.883. The van der Waals surface area contributed by atoms with Crippen LogP contribution in [0.4, 0.5) is 4.79 Å². The highest BCUT2D eigenvalue weighted by Crippen LogP contribution is 2.15. The summed E-state index contributed by atoms with van der Waals surface area (Å²) < 4.78 is 10.7. The zero-order valence-electron chi connectivity index (χ0n) is 10.7. The fourth-order valence-corrected chi connectivity index (χ4v) is 2.56. The Labute approximate surface area is 112 Å². The minimum absolute atomic E-state index is 0.0175. The van der Waals surface area contributed by atoms with Gasteiger partial charge in [0.05, 0.1) is 18.8 Å². The van der Waals surface area contributed by atoms with Crippen molar-refractivity contribution in [3.8, 4) is 0 Å². The van der Waals surface area contributed by atoms with Crippen LogP contribution in [-0.4, -0.2) is 49.4 Å². The number of cyclic esters (lactones) is 1. The van der Waals surface area contributed by atoms with E-state index in [9.17, 15) is 4.79 Å². The molecule has 5 heteroatoms. The zero-order chi connectivity index (χ0) is 13.1. The van der Waals surface area contributed by atoms with Crippen molar-refractivity contribution in [1.82, 2.24) is 10.2 Å². The Hall–Kier alpha value is -1.59. The molecule has 2 aliphatic heterocycles. The first-order valence-electron chi connectivity index (χ1n) is 6.62. The predicted molar refractivity (Wildman–Crippen MR) is 69.7 cm³/mol. The lowest BCUT2D eigenvalue weighted by molar-refractivity contribution is -0.0470. The van der Waals surface area contributed by atoms with Gasteiger partial charge in [-0.15, -0.1) is 0 Å². The molecule has 2 heterocycles. The van der Waals surface area contributed by atoms with Crippen molar-refractivity contribution in [3.63, 3.8) is 0 Å². The normalized spacial score (nSPS) is 27.9. The van der Waals surface area contributed by atoms with Gasteiger partial charge in [0.25, 0.3) is 0 Å². The molecule has 1 amide bonds. The molecule has 102 valence electrons. The number of ether oxygens (including phenoxy) is 2. The summed E-state index contributed by atoms with van der Waals surface area (Å²) in [6.07, 6.45) is -0.322. The minimum atomic E-state index is -0.339. The van der Waals surface area contributed by atoms with Crippen LogP contribution in [0.5, 0.6) is 0 Å². The Morgan fingerprint density at radius 1 is 1.32 bits per heavy atom. The van der Waals surface area contributed by atoms with E-state index < -0.39 is 0 Å². The van der Waals surface area contributed by atoms with E-state index in [1.54, 1.807) is 0 Å². The third-order valence-electron chi connectivity index (χ3n) is 3.57. The van der Waals surface area contributed by atoms with E-state index in [-0.39, 0.29) is 18.2 Å². The van der Waals surface area contributed by atoms with Crippen LogP contribution in [0, 0.1) is 0 Å². The molecule has 2 aliphatic rings. The van der Waals surface area contributed by atoms with Crippen LogP contribution in [0.3, 0.4) is 0 Å². The average molecular weight is 262 g/mol. The lowest BCUT2D eigenvalue weighted by Crippen LogP contribution is -2.51. The summed E-state index contributed by atoms with van der Waals surface area (Å²) in [4.78, 5) is 13.4. The highest BCUT2D eigenvalue weighted by molar-refractivity contribution is 5.69. The third kappa shape index (κ3) is 3.05. The maximum atomic E-state index is 11.1. The molecule has 1 N–H and O–H groups in total. The molecule has 5 nitrogen and oxygen atoms in total. The number of benzene rings is 1. The molecule has 0 bridgehead atoms. The summed E-state index contributed by atoms with van der Waals surface area (Å²) in [5.41, 5.74) is 1.30. The number of morpholine rings is 1. The van der Waals surface area contributed by atoms with Gasteiger partial charge in [0, 0.05) is 19.6 Å². The van der Waals surface area contributed by atoms with Crippen LogP contribution < -0.4 is 5.32 Å². The second-order valence-corrected chi connectivity index (χ2v) is 4.98. The Balaban J connectivity index is 1.57. The molecule has 1 aromatic carbocycles. The smallest absolute Gasteiger partial charge is 0.407 e. The molecule has 2 unspecified atom stereocenters. The molecule has 2 fully saturated rings. The number of amides is 1. The molecule has 2 atom stereocenters. The van der Waals surface area contributed by atoms with Gasteiger partial charge >= 0.3 is 6.09 Å². The van der Waals surface area contributed by atoms with Gasteiger partial charge < -0.3 is 14.8 Å². The van der Waals surface area contributed by atoms with E-state index in [1.807, 2.05) is 6.07 Å². The maximum Gasteiger partial charge on any atom is 0.407 e. The molecule has 0 radical (unpaired) electrons. The summed E-state index contributed by atoms with van der Waals surface area (Å²) in [6, 6.07) is 10.4. The van der Waals surface area contributed by atoms with E-state index in [1.165, 1.54) is 5.56 Å². The molecule has 2 saturated heterocycles. The van der Waals surface area contributed by atoms with E-state index >= 15 is 0 Å². The number of carbonyl (C=O) groups is 1. The van der Waals surface area contributed by atoms with Crippen molar-refractivity contribution < 1.29 is 14.3 Å². The lowest BCUT2D eigenvalue weighted by atomic mass is 10.1. The Kier molecular flexibility index (Phi) is 3.66. The highest BCUT2D eigenvalue weighted by Gasteiger charge is 2.34. The predicted octanol–water partition coefficient (Wildman–Crippen LogP) is 0.996. The zero-order valence-corrected chi connectivity index (χ0v) is 10.7. The molecule has 0 spiro atoms. The van der Waals surface area contributed by atoms with Crippen molar-refractivity contribution >= 4 is 6.09 Å². The van der Waals surface area contributed by atoms with Gasteiger partial charge in [-0.05, 0) is 5.56 Å². The first-order valence-corrected chi connectivity index (χ1v) is 6.62. The van der Waals surface area contributed by atoms with Crippen molar-refractivity contribution in [3.05, 3.63) is 35.9 Å². The number of alkyl carbamates (subject to hydrolysis) is 1. The number of carbonyl (C=O) groups excluding carboxylic acids is 1. The second kappa shape index (κ2) is 5.59. The summed E-state index contributed by atoms with van der Waals surface area (Å²) in [6.45, 7) is 3.77. The van der Waals surface area contributed by atoms with Gasteiger partial charge in [-0.3, -0.25) is 4.90 Å². The molecule has 0 saturated carbocycles. The van der Waals surface area contributed by atoms with Crippen LogP contribution in [0.1, 0.15) is 5.56 Å². The van der Waals surface area contributed by atoms with Crippen molar-refractivity contribution in [2.75, 3.05) is 26.3 Å². The van der Waals surface area contributed by atoms with Gasteiger partial charge in [0.2, 0.25) is 0 Å². The Morgan fingerprint density at radius 3 is 2.89 bits per heavy atom. The van der Waals surface area contributed by atoms with Crippen molar-refractivity contribution in [2.45, 2.75) is 18.7 Å². The molecule has 1 aromatic rings. The molecule has 0 aliphatic carbocycles. The Morgan fingerprint density at radius 2 is 2.16 bits per heavy atom. The number of nitrogens with one attached hydrogen (secondary N) is 1. The van der Waals surface area contributed by atoms with Crippen molar-refractivity contribution in [2.24, 2.45) is 0 Å². The fourth-order valence-electron chi connectivity index (χ4n) is 2.56. The van der Waals surface area contributed by atoms with Gasteiger partial charge in [-0.1, -0.05) is 30.3 Å². The topological polar surface area (TPSA) is 50.8 Å². The van der Waals surface area contributed by atoms with Gasteiger partial charge in [-0.25, -0.2) is 4.79 Å².